The third-order valence-corrected chi connectivity index (χ3v) is 4.35. The molecule has 0 bridgehead atoms. The first-order chi connectivity index (χ1) is 10.5. The van der Waals surface area contributed by atoms with E-state index in [0.717, 1.165) is 0 Å². The molecule has 0 aliphatic carbocycles. The number of aromatic nitrogens is 2. The highest BCUT2D eigenvalue weighted by molar-refractivity contribution is 7.89. The van der Waals surface area contributed by atoms with E-state index in [-0.39, 0.29) is 23.7 Å². The molecule has 0 saturated heterocycles. The highest BCUT2D eigenvalue weighted by atomic mass is 35.5. The van der Waals surface area contributed by atoms with E-state index in [0.29, 0.717) is 5.02 Å². The van der Waals surface area contributed by atoms with Crippen LogP contribution in [0.25, 0.3) is 0 Å². The first kappa shape index (κ1) is 16.3. The topological polar surface area (TPSA) is 101 Å². The lowest BCUT2D eigenvalue weighted by Crippen LogP contribution is -2.35. The summed E-state index contributed by atoms with van der Waals surface area (Å²) in [5, 5.41) is 3.00. The monoisotopic (exact) mass is 340 g/mol. The van der Waals surface area contributed by atoms with Crippen molar-refractivity contribution in [1.29, 1.82) is 0 Å². The first-order valence-corrected chi connectivity index (χ1v) is 8.14. The highest BCUT2D eigenvalue weighted by Gasteiger charge is 2.13. The molecule has 2 rings (SSSR count). The third kappa shape index (κ3) is 4.48. The van der Waals surface area contributed by atoms with Crippen molar-refractivity contribution in [3.05, 3.63) is 53.6 Å². The molecule has 0 unspecified atom stereocenters. The molecular weight excluding hydrogens is 328 g/mol. The number of rotatable bonds is 6. The van der Waals surface area contributed by atoms with Gasteiger partial charge < -0.3 is 5.32 Å². The van der Waals surface area contributed by atoms with Crippen LogP contribution in [0.3, 0.4) is 0 Å². The van der Waals surface area contributed by atoms with E-state index in [1.165, 1.54) is 42.9 Å². The number of hydrogen-bond donors (Lipinski definition) is 2. The molecule has 1 heterocycles. The second kappa shape index (κ2) is 7.30. The third-order valence-electron chi connectivity index (χ3n) is 2.62. The standard InChI is InChI=1S/C13H13ClN4O3S/c14-10-1-3-11(4-2-10)22(20,21)18-8-7-17-13(19)12-9-15-5-6-16-12/h1-6,9,18H,7-8H2,(H,17,19). The minimum atomic E-state index is -3.63. The molecule has 0 radical (unpaired) electrons. The number of nitrogens with one attached hydrogen (secondary N) is 2. The molecule has 7 nitrogen and oxygen atoms in total. The Morgan fingerprint density at radius 2 is 1.86 bits per heavy atom. The van der Waals surface area contributed by atoms with Crippen LogP contribution in [0.4, 0.5) is 0 Å². The summed E-state index contributed by atoms with van der Waals surface area (Å²) < 4.78 is 26.3. The minimum Gasteiger partial charge on any atom is -0.349 e. The molecule has 0 aliphatic rings. The largest absolute Gasteiger partial charge is 0.349 e. The lowest BCUT2D eigenvalue weighted by atomic mass is 10.4. The Hall–Kier alpha value is -2.03. The van der Waals surface area contributed by atoms with E-state index in [9.17, 15) is 13.2 Å². The summed E-state index contributed by atoms with van der Waals surface area (Å²) in [6.07, 6.45) is 4.18. The van der Waals surface area contributed by atoms with Crippen LogP contribution in [0.5, 0.6) is 0 Å². The number of benzene rings is 1. The summed E-state index contributed by atoms with van der Waals surface area (Å²) in [6.45, 7) is 0.180. The van der Waals surface area contributed by atoms with Crippen LogP contribution in [0.2, 0.25) is 5.02 Å². The van der Waals surface area contributed by atoms with Crippen molar-refractivity contribution in [3.63, 3.8) is 0 Å². The van der Waals surface area contributed by atoms with Crippen molar-refractivity contribution in [1.82, 2.24) is 20.0 Å². The lowest BCUT2D eigenvalue weighted by molar-refractivity contribution is 0.0949. The molecule has 0 aliphatic heterocycles. The van der Waals surface area contributed by atoms with Gasteiger partial charge in [0.1, 0.15) is 5.69 Å². The molecule has 116 valence electrons. The number of carbonyl (C=O) groups is 1. The number of halogens is 1. The van der Waals surface area contributed by atoms with Gasteiger partial charge in [-0.3, -0.25) is 9.78 Å². The molecule has 0 saturated carbocycles. The summed E-state index contributed by atoms with van der Waals surface area (Å²) in [7, 11) is -3.63. The maximum Gasteiger partial charge on any atom is 0.271 e. The summed E-state index contributed by atoms with van der Waals surface area (Å²) in [4.78, 5) is 19.4. The van der Waals surface area contributed by atoms with Crippen LogP contribution in [-0.4, -0.2) is 37.4 Å². The molecule has 22 heavy (non-hydrogen) atoms. The van der Waals surface area contributed by atoms with Gasteiger partial charge in [-0.25, -0.2) is 18.1 Å². The Morgan fingerprint density at radius 3 is 2.50 bits per heavy atom. The maximum absolute atomic E-state index is 12.0. The van der Waals surface area contributed by atoms with E-state index in [4.69, 9.17) is 11.6 Å². The predicted octanol–water partition coefficient (Wildman–Crippen LogP) is 0.838. The van der Waals surface area contributed by atoms with Gasteiger partial charge in [-0.05, 0) is 24.3 Å². The average Bonchev–Trinajstić information content (AvgIpc) is 2.52. The summed E-state index contributed by atoms with van der Waals surface area (Å²) in [5.41, 5.74) is 0.169. The van der Waals surface area contributed by atoms with Gasteiger partial charge in [0, 0.05) is 30.5 Å². The van der Waals surface area contributed by atoms with Crippen LogP contribution in [0.15, 0.2) is 47.8 Å². The number of nitrogens with zero attached hydrogens (tertiary/aromatic N) is 2. The van der Waals surface area contributed by atoms with E-state index in [2.05, 4.69) is 20.0 Å². The van der Waals surface area contributed by atoms with E-state index < -0.39 is 15.9 Å². The number of hydrogen-bond acceptors (Lipinski definition) is 5. The highest BCUT2D eigenvalue weighted by Crippen LogP contribution is 2.13. The Morgan fingerprint density at radius 1 is 1.14 bits per heavy atom. The zero-order valence-electron chi connectivity index (χ0n) is 11.4. The lowest BCUT2D eigenvalue weighted by Gasteiger charge is -2.08. The fraction of sp³-hybridized carbons (Fsp3) is 0.154. The molecule has 0 atom stereocenters. The van der Waals surface area contributed by atoms with Gasteiger partial charge in [0.15, 0.2) is 0 Å². The van der Waals surface area contributed by atoms with Crippen molar-refractivity contribution >= 4 is 27.5 Å². The molecule has 1 aromatic carbocycles. The summed E-state index contributed by atoms with van der Waals surface area (Å²) in [5.74, 6) is -0.418. The summed E-state index contributed by atoms with van der Waals surface area (Å²) in [6, 6.07) is 5.80. The van der Waals surface area contributed by atoms with E-state index in [1.807, 2.05) is 0 Å². The molecule has 1 aromatic heterocycles. The second-order valence-electron chi connectivity index (χ2n) is 4.20. The van der Waals surface area contributed by atoms with Gasteiger partial charge in [-0.2, -0.15) is 0 Å². The van der Waals surface area contributed by atoms with Gasteiger partial charge in [0.25, 0.3) is 5.91 Å². The van der Waals surface area contributed by atoms with Crippen LogP contribution in [0, 0.1) is 0 Å². The van der Waals surface area contributed by atoms with Crippen molar-refractivity contribution in [2.45, 2.75) is 4.90 Å². The Bertz CT molecular complexity index is 736. The average molecular weight is 341 g/mol. The van der Waals surface area contributed by atoms with Crippen LogP contribution in [-0.2, 0) is 10.0 Å². The van der Waals surface area contributed by atoms with Crippen molar-refractivity contribution < 1.29 is 13.2 Å². The van der Waals surface area contributed by atoms with Gasteiger partial charge in [0.2, 0.25) is 10.0 Å². The molecule has 2 aromatic rings. The molecule has 9 heteroatoms. The van der Waals surface area contributed by atoms with Gasteiger partial charge in [-0.1, -0.05) is 11.6 Å². The van der Waals surface area contributed by atoms with Crippen molar-refractivity contribution in [2.75, 3.05) is 13.1 Å². The predicted molar refractivity (Wildman–Crippen MR) is 81.0 cm³/mol. The molecule has 0 fully saturated rings. The second-order valence-corrected chi connectivity index (χ2v) is 6.40. The van der Waals surface area contributed by atoms with Crippen LogP contribution < -0.4 is 10.0 Å². The van der Waals surface area contributed by atoms with Crippen LogP contribution >= 0.6 is 11.6 Å². The first-order valence-electron chi connectivity index (χ1n) is 6.28. The van der Waals surface area contributed by atoms with E-state index in [1.54, 1.807) is 0 Å². The smallest absolute Gasteiger partial charge is 0.271 e. The zero-order valence-corrected chi connectivity index (χ0v) is 12.9. The Labute approximate surface area is 132 Å². The Balaban J connectivity index is 1.83. The molecular formula is C13H13ClN4O3S. The van der Waals surface area contributed by atoms with Gasteiger partial charge in [-0.15, -0.1) is 0 Å². The van der Waals surface area contributed by atoms with Gasteiger partial charge in [0.05, 0.1) is 11.1 Å². The zero-order chi connectivity index (χ0) is 16.0. The summed E-state index contributed by atoms with van der Waals surface area (Å²) >= 11 is 5.71. The molecule has 0 spiro atoms. The molecule has 1 amide bonds. The van der Waals surface area contributed by atoms with E-state index >= 15 is 0 Å². The maximum atomic E-state index is 12.0. The molecule has 2 N–H and O–H groups in total. The number of sulfonamides is 1. The Kier molecular flexibility index (Phi) is 5.42. The fourth-order valence-electron chi connectivity index (χ4n) is 1.57. The van der Waals surface area contributed by atoms with Gasteiger partial charge >= 0.3 is 0 Å². The fourth-order valence-corrected chi connectivity index (χ4v) is 2.72. The SMILES string of the molecule is O=C(NCCNS(=O)(=O)c1ccc(Cl)cc1)c1cnccn1. The van der Waals surface area contributed by atoms with Crippen LogP contribution in [0.1, 0.15) is 10.5 Å². The van der Waals surface area contributed by atoms with Crippen molar-refractivity contribution in [3.8, 4) is 0 Å². The quantitative estimate of drug-likeness (QED) is 0.759. The number of amides is 1. The normalized spacial score (nSPS) is 11.1. The van der Waals surface area contributed by atoms with Crippen molar-refractivity contribution in [2.24, 2.45) is 0 Å². The number of carbonyl (C=O) groups excluding carboxylic acids is 1. The minimum absolute atomic E-state index is 0.0525.